The maximum atomic E-state index is 5.29. The molecule has 2 N–H and O–H groups in total. The zero-order chi connectivity index (χ0) is 16.7. The van der Waals surface area contributed by atoms with Crippen LogP contribution in [0.3, 0.4) is 0 Å². The van der Waals surface area contributed by atoms with Gasteiger partial charge >= 0.3 is 0 Å². The van der Waals surface area contributed by atoms with E-state index in [4.69, 9.17) is 4.52 Å². The molecular weight excluding hydrogens is 419 g/mol. The molecule has 1 fully saturated rings. The number of aliphatic imine (C=N–C) groups is 1. The highest BCUT2D eigenvalue weighted by atomic mass is 127. The van der Waals surface area contributed by atoms with Gasteiger partial charge in [0.25, 0.3) is 0 Å². The Hall–Kier alpha value is -0.900. The monoisotopic (exact) mass is 450 g/mol. The number of hydrogen-bond donors (Lipinski definition) is 2. The predicted molar refractivity (Wildman–Crippen MR) is 107 cm³/mol. The van der Waals surface area contributed by atoms with Crippen LogP contribution in [-0.2, 0) is 12.0 Å². The summed E-state index contributed by atoms with van der Waals surface area (Å²) in [5.74, 6) is 2.07. The van der Waals surface area contributed by atoms with E-state index in [2.05, 4.69) is 51.4 Å². The van der Waals surface area contributed by atoms with E-state index >= 15 is 0 Å². The lowest BCUT2D eigenvalue weighted by molar-refractivity contribution is 0.232. The standard InChI is InChI=1S/C16H30N6O.HI/c1-16(2,3)14-20-13(21-23-14)12-19-15(17-4)18-8-11-22-9-6-5-7-10-22;/h5-12H2,1-4H3,(H2,17,18,19);1H. The molecule has 7 nitrogen and oxygen atoms in total. The Balaban J connectivity index is 0.00000288. The topological polar surface area (TPSA) is 78.6 Å². The van der Waals surface area contributed by atoms with Crippen LogP contribution in [0.5, 0.6) is 0 Å². The Kier molecular flexibility index (Phi) is 8.96. The summed E-state index contributed by atoms with van der Waals surface area (Å²) in [5.41, 5.74) is -0.125. The van der Waals surface area contributed by atoms with Crippen LogP contribution in [-0.4, -0.2) is 54.2 Å². The van der Waals surface area contributed by atoms with E-state index in [0.29, 0.717) is 18.3 Å². The Morgan fingerprint density at radius 2 is 1.92 bits per heavy atom. The van der Waals surface area contributed by atoms with Gasteiger partial charge in [-0.25, -0.2) is 0 Å². The lowest BCUT2D eigenvalue weighted by atomic mass is 9.97. The fourth-order valence-electron chi connectivity index (χ4n) is 2.53. The third kappa shape index (κ3) is 6.92. The van der Waals surface area contributed by atoms with Gasteiger partial charge in [0, 0.05) is 25.6 Å². The normalized spacial score (nSPS) is 16.6. The Morgan fingerprint density at radius 1 is 1.21 bits per heavy atom. The number of aromatic nitrogens is 2. The van der Waals surface area contributed by atoms with Gasteiger partial charge in [0.1, 0.15) is 0 Å². The maximum Gasteiger partial charge on any atom is 0.232 e. The molecule has 1 aliphatic rings. The van der Waals surface area contributed by atoms with Crippen molar-refractivity contribution in [2.75, 3.05) is 33.2 Å². The van der Waals surface area contributed by atoms with Gasteiger partial charge in [0.05, 0.1) is 6.54 Å². The van der Waals surface area contributed by atoms with Crippen molar-refractivity contribution < 1.29 is 4.52 Å². The highest BCUT2D eigenvalue weighted by molar-refractivity contribution is 14.0. The van der Waals surface area contributed by atoms with Gasteiger partial charge in [0.2, 0.25) is 5.89 Å². The van der Waals surface area contributed by atoms with Crippen LogP contribution in [0.2, 0.25) is 0 Å². The molecule has 0 radical (unpaired) electrons. The highest BCUT2D eigenvalue weighted by Crippen LogP contribution is 2.19. The SMILES string of the molecule is CN=C(NCCN1CCCCC1)NCc1noc(C(C)(C)C)n1.I. The second-order valence-electron chi connectivity index (χ2n) is 7.02. The van der Waals surface area contributed by atoms with E-state index in [1.165, 1.54) is 32.4 Å². The fourth-order valence-corrected chi connectivity index (χ4v) is 2.53. The summed E-state index contributed by atoms with van der Waals surface area (Å²) in [7, 11) is 1.77. The van der Waals surface area contributed by atoms with Crippen LogP contribution in [0.1, 0.15) is 51.7 Å². The van der Waals surface area contributed by atoms with Crippen molar-refractivity contribution in [3.05, 3.63) is 11.7 Å². The summed E-state index contributed by atoms with van der Waals surface area (Å²) < 4.78 is 5.29. The molecule has 0 spiro atoms. The minimum absolute atomic E-state index is 0. The summed E-state index contributed by atoms with van der Waals surface area (Å²) in [6.07, 6.45) is 4.01. The number of guanidine groups is 1. The average Bonchev–Trinajstić information content (AvgIpc) is 3.01. The summed E-state index contributed by atoms with van der Waals surface area (Å²) >= 11 is 0. The summed E-state index contributed by atoms with van der Waals surface area (Å²) in [5, 5.41) is 10.6. The van der Waals surface area contributed by atoms with Crippen LogP contribution in [0, 0.1) is 0 Å². The van der Waals surface area contributed by atoms with Crippen molar-refractivity contribution >= 4 is 29.9 Å². The summed E-state index contributed by atoms with van der Waals surface area (Å²) in [4.78, 5) is 11.1. The first-order chi connectivity index (χ1) is 11.0. The predicted octanol–water partition coefficient (Wildman–Crippen LogP) is 2.14. The van der Waals surface area contributed by atoms with E-state index in [-0.39, 0.29) is 29.4 Å². The summed E-state index contributed by atoms with van der Waals surface area (Å²) in [6, 6.07) is 0. The molecule has 0 amide bonds. The van der Waals surface area contributed by atoms with Gasteiger partial charge in [-0.3, -0.25) is 4.99 Å². The minimum Gasteiger partial charge on any atom is -0.355 e. The maximum absolute atomic E-state index is 5.29. The molecule has 0 atom stereocenters. The van der Waals surface area contributed by atoms with Crippen molar-refractivity contribution in [2.45, 2.75) is 52.0 Å². The minimum atomic E-state index is -0.125. The second-order valence-corrected chi connectivity index (χ2v) is 7.02. The highest BCUT2D eigenvalue weighted by Gasteiger charge is 2.21. The van der Waals surface area contributed by atoms with E-state index in [0.717, 1.165) is 19.0 Å². The quantitative estimate of drug-likeness (QED) is 0.407. The Labute approximate surface area is 162 Å². The Morgan fingerprint density at radius 3 is 2.50 bits per heavy atom. The van der Waals surface area contributed by atoms with E-state index in [1.54, 1.807) is 7.05 Å². The fraction of sp³-hybridized carbons (Fsp3) is 0.812. The molecule has 2 rings (SSSR count). The van der Waals surface area contributed by atoms with Gasteiger partial charge < -0.3 is 20.1 Å². The van der Waals surface area contributed by atoms with Crippen molar-refractivity contribution in [2.24, 2.45) is 4.99 Å². The van der Waals surface area contributed by atoms with Crippen LogP contribution in [0.25, 0.3) is 0 Å². The molecular formula is C16H31IN6O. The molecule has 1 aromatic rings. The molecule has 138 valence electrons. The zero-order valence-electron chi connectivity index (χ0n) is 15.3. The second kappa shape index (κ2) is 10.2. The number of hydrogen-bond acceptors (Lipinski definition) is 5. The molecule has 0 bridgehead atoms. The zero-order valence-corrected chi connectivity index (χ0v) is 17.6. The van der Waals surface area contributed by atoms with Crippen LogP contribution in [0.15, 0.2) is 9.52 Å². The van der Waals surface area contributed by atoms with E-state index in [1.807, 2.05) is 0 Å². The van der Waals surface area contributed by atoms with Crippen LogP contribution < -0.4 is 10.6 Å². The van der Waals surface area contributed by atoms with Crippen molar-refractivity contribution in [3.63, 3.8) is 0 Å². The summed E-state index contributed by atoms with van der Waals surface area (Å²) in [6.45, 7) is 11.0. The third-order valence-corrected chi connectivity index (χ3v) is 3.92. The number of likely N-dealkylation sites (tertiary alicyclic amines) is 1. The van der Waals surface area contributed by atoms with Crippen molar-refractivity contribution in [1.82, 2.24) is 25.7 Å². The lowest BCUT2D eigenvalue weighted by Gasteiger charge is -2.26. The lowest BCUT2D eigenvalue weighted by Crippen LogP contribution is -2.42. The number of nitrogens with zero attached hydrogens (tertiary/aromatic N) is 4. The van der Waals surface area contributed by atoms with Crippen molar-refractivity contribution in [3.8, 4) is 0 Å². The molecule has 0 saturated carbocycles. The molecule has 0 unspecified atom stereocenters. The third-order valence-electron chi connectivity index (χ3n) is 3.92. The molecule has 1 aromatic heterocycles. The van der Waals surface area contributed by atoms with Gasteiger partial charge in [-0.1, -0.05) is 32.3 Å². The number of halogens is 1. The molecule has 24 heavy (non-hydrogen) atoms. The molecule has 1 aliphatic heterocycles. The first kappa shape index (κ1) is 21.1. The molecule has 0 aliphatic carbocycles. The van der Waals surface area contributed by atoms with E-state index in [9.17, 15) is 0 Å². The van der Waals surface area contributed by atoms with E-state index < -0.39 is 0 Å². The first-order valence-electron chi connectivity index (χ1n) is 8.49. The molecule has 0 aromatic carbocycles. The number of piperidine rings is 1. The molecule has 1 saturated heterocycles. The van der Waals surface area contributed by atoms with Crippen molar-refractivity contribution in [1.29, 1.82) is 0 Å². The number of nitrogens with one attached hydrogen (secondary N) is 2. The number of rotatable bonds is 5. The molecule has 2 heterocycles. The van der Waals surface area contributed by atoms with Gasteiger partial charge in [-0.05, 0) is 25.9 Å². The Bertz CT molecular complexity index is 505. The van der Waals surface area contributed by atoms with Gasteiger partial charge in [-0.2, -0.15) is 4.98 Å². The first-order valence-corrected chi connectivity index (χ1v) is 8.49. The molecule has 8 heteroatoms. The van der Waals surface area contributed by atoms with Gasteiger partial charge in [-0.15, -0.1) is 24.0 Å². The van der Waals surface area contributed by atoms with Crippen LogP contribution in [0.4, 0.5) is 0 Å². The average molecular weight is 450 g/mol. The van der Waals surface area contributed by atoms with Gasteiger partial charge in [0.15, 0.2) is 11.8 Å². The smallest absolute Gasteiger partial charge is 0.232 e. The van der Waals surface area contributed by atoms with Crippen LogP contribution >= 0.6 is 24.0 Å². The largest absolute Gasteiger partial charge is 0.355 e.